The molecule has 0 aliphatic carbocycles. The molecule has 0 bridgehead atoms. The summed E-state index contributed by atoms with van der Waals surface area (Å²) in [6.45, 7) is 5.75. The second-order valence-electron chi connectivity index (χ2n) is 4.10. The van der Waals surface area contributed by atoms with E-state index in [4.69, 9.17) is 9.59 Å². The average molecular weight is 219 g/mol. The largest absolute Gasteiger partial charge is 0.373 e. The highest BCUT2D eigenvalue weighted by atomic mass is 16.2. The van der Waals surface area contributed by atoms with Gasteiger partial charge in [0.15, 0.2) is 0 Å². The summed E-state index contributed by atoms with van der Waals surface area (Å²) in [5.41, 5.74) is 2.96. The Hall–Kier alpha value is -1.60. The summed E-state index contributed by atoms with van der Waals surface area (Å²) in [4.78, 5) is 18.7. The number of hydrogen-bond acceptors (Lipinski definition) is 3. The number of anilines is 1. The van der Waals surface area contributed by atoms with Gasteiger partial charge in [0.2, 0.25) is 0 Å². The van der Waals surface area contributed by atoms with E-state index in [9.17, 15) is 0 Å². The van der Waals surface area contributed by atoms with Crippen molar-refractivity contribution in [2.24, 2.45) is 0 Å². The van der Waals surface area contributed by atoms with Crippen LogP contribution in [0.15, 0.2) is 24.3 Å². The topological polar surface area (TPSA) is 37.4 Å². The first kappa shape index (κ1) is 12.5. The van der Waals surface area contributed by atoms with Gasteiger partial charge in [-0.25, -0.2) is 0 Å². The molecular weight excluding hydrogens is 202 g/mol. The molecule has 0 saturated heterocycles. The molecule has 0 aromatic heterocycles. The molecule has 1 aromatic carbocycles. The van der Waals surface area contributed by atoms with Crippen LogP contribution >= 0.6 is 0 Å². The lowest BCUT2D eigenvalue weighted by Crippen LogP contribution is -2.35. The molecule has 0 spiro atoms. The Bertz CT molecular complexity index is 368. The molecule has 0 N–H and O–H groups in total. The third-order valence-corrected chi connectivity index (χ3v) is 2.77. The van der Waals surface area contributed by atoms with Crippen LogP contribution in [0.25, 0.3) is 0 Å². The van der Waals surface area contributed by atoms with Crippen LogP contribution in [-0.4, -0.2) is 18.7 Å². The first-order valence-corrected chi connectivity index (χ1v) is 5.54. The molecule has 0 atom stereocenters. The summed E-state index contributed by atoms with van der Waals surface area (Å²) >= 11 is 0. The Kier molecular flexibility index (Phi) is 4.74. The maximum absolute atomic E-state index is 8.12. The first-order valence-electron chi connectivity index (χ1n) is 5.54. The number of hydrogen-bond donors (Lipinski definition) is 0. The molecule has 2 rings (SSSR count). The van der Waals surface area contributed by atoms with Gasteiger partial charge in [-0.15, -0.1) is 0 Å². The third-order valence-electron chi connectivity index (χ3n) is 2.77. The second kappa shape index (κ2) is 6.09. The molecule has 1 aliphatic heterocycles. The number of rotatable bonds is 1. The van der Waals surface area contributed by atoms with Gasteiger partial charge in [-0.1, -0.05) is 18.2 Å². The molecule has 0 radical (unpaired) electrons. The fourth-order valence-corrected chi connectivity index (χ4v) is 2.10. The van der Waals surface area contributed by atoms with Crippen LogP contribution in [0.5, 0.6) is 0 Å². The summed E-state index contributed by atoms with van der Waals surface area (Å²) in [6, 6.07) is 9.40. The smallest absolute Gasteiger partial charge is 0.369 e. The average Bonchev–Trinajstić information content (AvgIpc) is 2.29. The van der Waals surface area contributed by atoms with Gasteiger partial charge in [0.1, 0.15) is 0 Å². The molecule has 1 heterocycles. The minimum Gasteiger partial charge on any atom is -0.369 e. The number of aryl methyl sites for hydroxylation is 1. The molecule has 3 nitrogen and oxygen atoms in total. The van der Waals surface area contributed by atoms with Crippen LogP contribution < -0.4 is 4.90 Å². The summed E-state index contributed by atoms with van der Waals surface area (Å²) in [5.74, 6) is 0. The highest BCUT2D eigenvalue weighted by Gasteiger charge is 2.17. The Labute approximate surface area is 96.1 Å². The van der Waals surface area contributed by atoms with Crippen molar-refractivity contribution >= 4 is 11.8 Å². The van der Waals surface area contributed by atoms with Crippen molar-refractivity contribution in [1.29, 1.82) is 0 Å². The Balaban J connectivity index is 0.000000386. The van der Waals surface area contributed by atoms with Crippen molar-refractivity contribution in [1.82, 2.24) is 0 Å². The zero-order valence-corrected chi connectivity index (χ0v) is 9.77. The van der Waals surface area contributed by atoms with E-state index in [2.05, 4.69) is 43.0 Å². The van der Waals surface area contributed by atoms with Crippen molar-refractivity contribution < 1.29 is 9.59 Å². The highest BCUT2D eigenvalue weighted by Crippen LogP contribution is 2.27. The molecular formula is C13H17NO2. The fourth-order valence-electron chi connectivity index (χ4n) is 2.10. The normalized spacial score (nSPS) is 13.6. The standard InChI is InChI=1S/C12H17N.CO2/c1-10(2)13-9-5-7-11-6-3-4-8-12(11)13;2-1-3/h3-4,6,8,10H,5,7,9H2,1-2H3;. The molecule has 3 heteroatoms. The monoisotopic (exact) mass is 219 g/mol. The van der Waals surface area contributed by atoms with Crippen LogP contribution in [-0.2, 0) is 16.0 Å². The first-order chi connectivity index (χ1) is 7.70. The third kappa shape index (κ3) is 2.94. The predicted molar refractivity (Wildman–Crippen MR) is 62.3 cm³/mol. The number of para-hydroxylation sites is 1. The number of carbonyl (C=O) groups excluding carboxylic acids is 2. The van der Waals surface area contributed by atoms with E-state index in [0.717, 1.165) is 0 Å². The Morgan fingerprint density at radius 1 is 1.25 bits per heavy atom. The Morgan fingerprint density at radius 3 is 2.50 bits per heavy atom. The highest BCUT2D eigenvalue weighted by molar-refractivity contribution is 5.55. The lowest BCUT2D eigenvalue weighted by atomic mass is 10.0. The summed E-state index contributed by atoms with van der Waals surface area (Å²) in [5, 5.41) is 0. The number of benzene rings is 1. The zero-order chi connectivity index (χ0) is 12.0. The van der Waals surface area contributed by atoms with Crippen LogP contribution in [0.2, 0.25) is 0 Å². The van der Waals surface area contributed by atoms with E-state index < -0.39 is 0 Å². The molecule has 16 heavy (non-hydrogen) atoms. The van der Waals surface area contributed by atoms with E-state index in [1.807, 2.05) is 0 Å². The molecule has 0 saturated carbocycles. The molecule has 0 unspecified atom stereocenters. The Morgan fingerprint density at radius 2 is 1.88 bits per heavy atom. The van der Waals surface area contributed by atoms with Crippen molar-refractivity contribution in [3.05, 3.63) is 29.8 Å². The minimum atomic E-state index is 0.250. The van der Waals surface area contributed by atoms with Crippen LogP contribution in [0, 0.1) is 0 Å². The van der Waals surface area contributed by atoms with E-state index in [1.54, 1.807) is 0 Å². The SMILES string of the molecule is CC(C)N1CCCc2ccccc21.O=C=O. The van der Waals surface area contributed by atoms with Gasteiger partial charge < -0.3 is 4.90 Å². The van der Waals surface area contributed by atoms with Crippen LogP contribution in [0.4, 0.5) is 5.69 Å². The van der Waals surface area contributed by atoms with Gasteiger partial charge in [0, 0.05) is 18.3 Å². The molecule has 0 fully saturated rings. The van der Waals surface area contributed by atoms with Crippen LogP contribution in [0.1, 0.15) is 25.8 Å². The molecule has 0 amide bonds. The summed E-state index contributed by atoms with van der Waals surface area (Å²) in [7, 11) is 0. The lowest BCUT2D eigenvalue weighted by molar-refractivity contribution is -0.191. The van der Waals surface area contributed by atoms with Gasteiger partial charge in [-0.05, 0) is 38.3 Å². The van der Waals surface area contributed by atoms with Gasteiger partial charge in [-0.2, -0.15) is 9.59 Å². The van der Waals surface area contributed by atoms with Crippen molar-refractivity contribution in [3.8, 4) is 0 Å². The maximum atomic E-state index is 8.12. The van der Waals surface area contributed by atoms with Crippen LogP contribution in [0.3, 0.4) is 0 Å². The summed E-state index contributed by atoms with van der Waals surface area (Å²) < 4.78 is 0. The second-order valence-corrected chi connectivity index (χ2v) is 4.10. The predicted octanol–water partition coefficient (Wildman–Crippen LogP) is 2.26. The number of nitrogens with zero attached hydrogens (tertiary/aromatic N) is 1. The van der Waals surface area contributed by atoms with E-state index in [1.165, 1.54) is 30.6 Å². The van der Waals surface area contributed by atoms with Gasteiger partial charge in [0.25, 0.3) is 0 Å². The number of fused-ring (bicyclic) bond motifs is 1. The van der Waals surface area contributed by atoms with Crippen molar-refractivity contribution in [3.63, 3.8) is 0 Å². The van der Waals surface area contributed by atoms with Gasteiger partial charge in [-0.3, -0.25) is 0 Å². The zero-order valence-electron chi connectivity index (χ0n) is 9.77. The van der Waals surface area contributed by atoms with Crippen molar-refractivity contribution in [2.75, 3.05) is 11.4 Å². The molecule has 1 aliphatic rings. The fraction of sp³-hybridized carbons (Fsp3) is 0.462. The molecule has 86 valence electrons. The minimum absolute atomic E-state index is 0.250. The summed E-state index contributed by atoms with van der Waals surface area (Å²) in [6.07, 6.45) is 2.80. The van der Waals surface area contributed by atoms with Gasteiger partial charge >= 0.3 is 6.15 Å². The maximum Gasteiger partial charge on any atom is 0.373 e. The van der Waals surface area contributed by atoms with E-state index in [-0.39, 0.29) is 6.15 Å². The van der Waals surface area contributed by atoms with Gasteiger partial charge in [0.05, 0.1) is 0 Å². The van der Waals surface area contributed by atoms with Crippen molar-refractivity contribution in [2.45, 2.75) is 32.7 Å². The van der Waals surface area contributed by atoms with E-state index >= 15 is 0 Å². The van der Waals surface area contributed by atoms with E-state index in [0.29, 0.717) is 6.04 Å². The lowest BCUT2D eigenvalue weighted by Gasteiger charge is -2.34. The quantitative estimate of drug-likeness (QED) is 0.727. The molecule has 1 aromatic rings.